The lowest BCUT2D eigenvalue weighted by Gasteiger charge is -2.14. The Hall–Kier alpha value is -2.81. The Morgan fingerprint density at radius 1 is 0.431 bits per heavy atom. The summed E-state index contributed by atoms with van der Waals surface area (Å²) in [5, 5.41) is 11.4. The second-order valence-corrected chi connectivity index (χ2v) is 12.7. The summed E-state index contributed by atoms with van der Waals surface area (Å²) in [5.74, 6) is 0.0466. The van der Waals surface area contributed by atoms with Gasteiger partial charge in [0.2, 0.25) is 0 Å². The molecule has 1 aliphatic rings. The fraction of sp³-hybridized carbons (Fsp3) is 0.690. The summed E-state index contributed by atoms with van der Waals surface area (Å²) < 4.78 is 71.0. The number of benzene rings is 2. The van der Waals surface area contributed by atoms with Gasteiger partial charge in [0, 0.05) is 19.1 Å². The predicted octanol–water partition coefficient (Wildman–Crippen LogP) is 3.11. The summed E-state index contributed by atoms with van der Waals surface area (Å²) in [6, 6.07) is 16.6. The lowest BCUT2D eigenvalue weighted by Crippen LogP contribution is -2.27. The van der Waals surface area contributed by atoms with Gasteiger partial charge >= 0.3 is 6.09 Å². The Labute approximate surface area is 343 Å². The van der Waals surface area contributed by atoms with Gasteiger partial charge in [-0.2, -0.15) is 0 Å². The number of fused-ring (bicyclic) bond motifs is 3. The second kappa shape index (κ2) is 36.1. The molecule has 0 spiro atoms. The average Bonchev–Trinajstić information content (AvgIpc) is 3.57. The third-order valence-electron chi connectivity index (χ3n) is 8.41. The van der Waals surface area contributed by atoms with Crippen LogP contribution in [0.1, 0.15) is 23.5 Å². The van der Waals surface area contributed by atoms with Gasteiger partial charge in [-0.25, -0.2) is 4.79 Å². The van der Waals surface area contributed by atoms with Crippen LogP contribution >= 0.6 is 0 Å². The van der Waals surface area contributed by atoms with Gasteiger partial charge in [-0.1, -0.05) is 48.5 Å². The van der Waals surface area contributed by atoms with Crippen LogP contribution < -0.4 is 5.32 Å². The van der Waals surface area contributed by atoms with Crippen LogP contribution in [0.25, 0.3) is 11.1 Å². The third-order valence-corrected chi connectivity index (χ3v) is 8.41. The van der Waals surface area contributed by atoms with Crippen molar-refractivity contribution in [3.05, 3.63) is 59.7 Å². The molecule has 2 aromatic carbocycles. The molecule has 1 aliphatic carbocycles. The van der Waals surface area contributed by atoms with Gasteiger partial charge < -0.3 is 72.0 Å². The number of ether oxygens (including phenoxy) is 13. The van der Waals surface area contributed by atoms with Crippen LogP contribution in [-0.2, 0) is 61.6 Å². The maximum Gasteiger partial charge on any atom is 0.407 e. The average molecular weight is 826 g/mol. The van der Waals surface area contributed by atoms with Crippen molar-refractivity contribution in [3.8, 4) is 11.1 Å². The van der Waals surface area contributed by atoms with E-state index < -0.39 is 6.09 Å². The molecule has 0 atom stereocenters. The minimum absolute atomic E-state index is 0.0202. The van der Waals surface area contributed by atoms with Crippen LogP contribution in [0.15, 0.2) is 48.5 Å². The molecule has 0 saturated heterocycles. The molecule has 0 radical (unpaired) electrons. The van der Waals surface area contributed by atoms with E-state index in [9.17, 15) is 4.79 Å². The summed E-state index contributed by atoms with van der Waals surface area (Å²) in [7, 11) is 0. The Morgan fingerprint density at radius 3 is 1.05 bits per heavy atom. The highest BCUT2D eigenvalue weighted by Crippen LogP contribution is 2.44. The molecule has 330 valence electrons. The molecule has 0 heterocycles. The number of nitrogens with one attached hydrogen (secondary N) is 1. The van der Waals surface area contributed by atoms with E-state index in [1.165, 1.54) is 22.3 Å². The van der Waals surface area contributed by atoms with Gasteiger partial charge in [-0.15, -0.1) is 0 Å². The zero-order chi connectivity index (χ0) is 40.8. The number of aliphatic hydroxyl groups is 1. The number of aliphatic hydroxyl groups excluding tert-OH is 1. The standard InChI is InChI=1S/C42H67NO15/c44-11-13-47-15-17-49-19-21-51-23-25-53-27-29-55-31-33-57-35-34-56-32-30-54-28-26-52-24-22-50-20-18-48-16-14-46-12-5-10-43-42(45)58-36-41-39-8-3-1-6-37(39)38-7-2-4-9-40(38)41/h1-4,6-9,41,44H,5,10-36H2,(H,43,45). The quantitative estimate of drug-likeness (QED) is 0.0938. The van der Waals surface area contributed by atoms with Crippen molar-refractivity contribution in [1.82, 2.24) is 5.32 Å². The van der Waals surface area contributed by atoms with Crippen molar-refractivity contribution in [2.75, 3.05) is 178 Å². The molecule has 1 amide bonds. The van der Waals surface area contributed by atoms with Crippen LogP contribution in [-0.4, -0.2) is 190 Å². The molecule has 0 aromatic heterocycles. The topological polar surface area (TPSA) is 169 Å². The highest BCUT2D eigenvalue weighted by atomic mass is 16.6. The highest BCUT2D eigenvalue weighted by Gasteiger charge is 2.28. The Morgan fingerprint density at radius 2 is 0.724 bits per heavy atom. The monoisotopic (exact) mass is 825 g/mol. The largest absolute Gasteiger partial charge is 0.449 e. The van der Waals surface area contributed by atoms with Gasteiger partial charge in [0.15, 0.2) is 0 Å². The van der Waals surface area contributed by atoms with Crippen molar-refractivity contribution in [2.45, 2.75) is 12.3 Å². The molecule has 16 nitrogen and oxygen atoms in total. The molecule has 3 rings (SSSR count). The minimum atomic E-state index is -0.418. The lowest BCUT2D eigenvalue weighted by atomic mass is 9.98. The number of carbonyl (C=O) groups is 1. The normalized spacial score (nSPS) is 12.2. The third kappa shape index (κ3) is 24.3. The van der Waals surface area contributed by atoms with E-state index in [0.717, 1.165) is 0 Å². The first-order valence-electron chi connectivity index (χ1n) is 20.4. The first-order valence-corrected chi connectivity index (χ1v) is 20.4. The van der Waals surface area contributed by atoms with Crippen LogP contribution in [0, 0.1) is 0 Å². The Balaban J connectivity index is 0.927. The molecule has 2 N–H and O–H groups in total. The number of hydrogen-bond donors (Lipinski definition) is 2. The first kappa shape index (κ1) is 49.6. The summed E-state index contributed by atoms with van der Waals surface area (Å²) in [5.41, 5.74) is 4.80. The summed E-state index contributed by atoms with van der Waals surface area (Å²) >= 11 is 0. The maximum absolute atomic E-state index is 12.3. The first-order chi connectivity index (χ1) is 28.8. The van der Waals surface area contributed by atoms with Crippen LogP contribution in [0.3, 0.4) is 0 Å². The number of carbonyl (C=O) groups excluding carboxylic acids is 1. The molecule has 0 saturated carbocycles. The lowest BCUT2D eigenvalue weighted by molar-refractivity contribution is -0.0286. The molecule has 0 aliphatic heterocycles. The predicted molar refractivity (Wildman–Crippen MR) is 215 cm³/mol. The van der Waals surface area contributed by atoms with E-state index in [-0.39, 0.29) is 12.5 Å². The van der Waals surface area contributed by atoms with Crippen LogP contribution in [0.2, 0.25) is 0 Å². The molecule has 0 bridgehead atoms. The zero-order valence-corrected chi connectivity index (χ0v) is 34.2. The van der Waals surface area contributed by atoms with Crippen molar-refractivity contribution >= 4 is 6.09 Å². The van der Waals surface area contributed by atoms with E-state index in [1.807, 2.05) is 24.3 Å². The maximum atomic E-state index is 12.3. The smallest absolute Gasteiger partial charge is 0.407 e. The number of hydrogen-bond acceptors (Lipinski definition) is 15. The highest BCUT2D eigenvalue weighted by molar-refractivity contribution is 5.79. The SMILES string of the molecule is O=C(NCCCOCCOCCOCCOCCOCCOCCOCCOCCOCCOCCOCCOCCO)OCC1c2ccccc2-c2ccccc21. The van der Waals surface area contributed by atoms with Gasteiger partial charge in [0.05, 0.1) is 159 Å². The number of alkyl carbamates (subject to hydrolysis) is 1. The van der Waals surface area contributed by atoms with Gasteiger partial charge in [0.1, 0.15) is 6.61 Å². The van der Waals surface area contributed by atoms with Crippen molar-refractivity contribution in [1.29, 1.82) is 0 Å². The van der Waals surface area contributed by atoms with Gasteiger partial charge in [-0.05, 0) is 28.7 Å². The zero-order valence-electron chi connectivity index (χ0n) is 34.2. The summed E-state index contributed by atoms with van der Waals surface area (Å²) in [6.45, 7) is 12.4. The minimum Gasteiger partial charge on any atom is -0.449 e. The molecule has 2 aromatic rings. The Bertz CT molecular complexity index is 1210. The van der Waals surface area contributed by atoms with Crippen molar-refractivity contribution in [3.63, 3.8) is 0 Å². The molecular formula is C42H67NO15. The summed E-state index contributed by atoms with van der Waals surface area (Å²) in [6.07, 6.45) is 0.264. The van der Waals surface area contributed by atoms with E-state index in [4.69, 9.17) is 66.7 Å². The van der Waals surface area contributed by atoms with Crippen LogP contribution in [0.5, 0.6) is 0 Å². The molecular weight excluding hydrogens is 758 g/mol. The molecule has 0 fully saturated rings. The second-order valence-electron chi connectivity index (χ2n) is 12.7. The van der Waals surface area contributed by atoms with Crippen LogP contribution in [0.4, 0.5) is 4.79 Å². The van der Waals surface area contributed by atoms with Crippen molar-refractivity contribution in [2.24, 2.45) is 0 Å². The van der Waals surface area contributed by atoms with Gasteiger partial charge in [-0.3, -0.25) is 0 Å². The number of rotatable bonds is 41. The van der Waals surface area contributed by atoms with E-state index in [0.29, 0.717) is 178 Å². The molecule has 58 heavy (non-hydrogen) atoms. The van der Waals surface area contributed by atoms with E-state index in [1.54, 1.807) is 0 Å². The fourth-order valence-corrected chi connectivity index (χ4v) is 5.60. The van der Waals surface area contributed by atoms with E-state index >= 15 is 0 Å². The molecule has 0 unspecified atom stereocenters. The number of amides is 1. The summed E-state index contributed by atoms with van der Waals surface area (Å²) in [4.78, 5) is 12.3. The fourth-order valence-electron chi connectivity index (χ4n) is 5.60. The van der Waals surface area contributed by atoms with Crippen molar-refractivity contribution < 1.29 is 71.5 Å². The Kier molecular flexibility index (Phi) is 30.8. The molecule has 16 heteroatoms. The van der Waals surface area contributed by atoms with Gasteiger partial charge in [0.25, 0.3) is 0 Å². The van der Waals surface area contributed by atoms with E-state index in [2.05, 4.69) is 29.6 Å².